The molecule has 0 radical (unpaired) electrons. The summed E-state index contributed by atoms with van der Waals surface area (Å²) in [4.78, 5) is 4.45. The van der Waals surface area contributed by atoms with Crippen molar-refractivity contribution in [2.45, 2.75) is 26.7 Å². The van der Waals surface area contributed by atoms with E-state index in [2.05, 4.69) is 43.1 Å². The number of nitrogens with zero attached hydrogens (tertiary/aromatic N) is 1. The molecular formula is C12H17N. The number of hydrogen-bond donors (Lipinski definition) is 0. The molecule has 0 saturated carbocycles. The van der Waals surface area contributed by atoms with Crippen molar-refractivity contribution in [3.8, 4) is 0 Å². The summed E-state index contributed by atoms with van der Waals surface area (Å²) in [6.45, 7) is 5.21. The Labute approximate surface area is 80.5 Å². The average molecular weight is 175 g/mol. The molecule has 0 aliphatic carbocycles. The van der Waals surface area contributed by atoms with Gasteiger partial charge in [-0.25, -0.2) is 0 Å². The van der Waals surface area contributed by atoms with Gasteiger partial charge in [0.15, 0.2) is 0 Å². The van der Waals surface area contributed by atoms with Crippen molar-refractivity contribution in [2.24, 2.45) is 4.99 Å². The number of hydrogen-bond acceptors (Lipinski definition) is 1. The smallest absolute Gasteiger partial charge is 0.0386 e. The lowest BCUT2D eigenvalue weighted by Gasteiger charge is -2.00. The molecule has 70 valence electrons. The van der Waals surface area contributed by atoms with Gasteiger partial charge in [0, 0.05) is 18.7 Å². The van der Waals surface area contributed by atoms with Crippen molar-refractivity contribution in [3.05, 3.63) is 35.9 Å². The Bertz CT molecular complexity index is 262. The minimum absolute atomic E-state index is 0.957. The van der Waals surface area contributed by atoms with Gasteiger partial charge < -0.3 is 0 Å². The van der Waals surface area contributed by atoms with Gasteiger partial charge in [-0.05, 0) is 18.9 Å². The molecule has 1 nitrogen and oxygen atoms in total. The van der Waals surface area contributed by atoms with Crippen LogP contribution in [0.4, 0.5) is 0 Å². The molecule has 1 heteroatoms. The first-order valence-corrected chi connectivity index (χ1v) is 4.86. The lowest BCUT2D eigenvalue weighted by atomic mass is 10.1. The van der Waals surface area contributed by atoms with Crippen LogP contribution in [0.2, 0.25) is 0 Å². The van der Waals surface area contributed by atoms with Crippen LogP contribution in [-0.2, 0) is 6.42 Å². The highest BCUT2D eigenvalue weighted by molar-refractivity contribution is 5.84. The van der Waals surface area contributed by atoms with Gasteiger partial charge in [0.25, 0.3) is 0 Å². The summed E-state index contributed by atoms with van der Waals surface area (Å²) >= 11 is 0. The fourth-order valence-corrected chi connectivity index (χ4v) is 1.25. The summed E-state index contributed by atoms with van der Waals surface area (Å²) in [6.07, 6.45) is 2.12. The Morgan fingerprint density at radius 1 is 1.23 bits per heavy atom. The molecule has 0 aromatic heterocycles. The summed E-state index contributed by atoms with van der Waals surface area (Å²) in [5.74, 6) is 0. The van der Waals surface area contributed by atoms with Crippen LogP contribution >= 0.6 is 0 Å². The Kier molecular flexibility index (Phi) is 4.24. The minimum atomic E-state index is 0.957. The third kappa shape index (κ3) is 3.88. The Hall–Kier alpha value is -1.11. The normalized spacial score (nSPS) is 11.7. The monoisotopic (exact) mass is 175 g/mol. The van der Waals surface area contributed by atoms with Crippen molar-refractivity contribution in [1.29, 1.82) is 0 Å². The predicted octanol–water partition coefficient (Wildman–Crippen LogP) is 3.10. The summed E-state index contributed by atoms with van der Waals surface area (Å²) in [5, 5.41) is 0. The molecule has 1 rings (SSSR count). The summed E-state index contributed by atoms with van der Waals surface area (Å²) < 4.78 is 0. The van der Waals surface area contributed by atoms with Crippen LogP contribution in [0.1, 0.15) is 25.8 Å². The topological polar surface area (TPSA) is 12.4 Å². The van der Waals surface area contributed by atoms with E-state index in [1.807, 2.05) is 6.07 Å². The zero-order chi connectivity index (χ0) is 9.52. The highest BCUT2D eigenvalue weighted by Gasteiger charge is 1.93. The molecule has 1 aromatic rings. The van der Waals surface area contributed by atoms with Crippen LogP contribution < -0.4 is 0 Å². The number of benzene rings is 1. The van der Waals surface area contributed by atoms with Gasteiger partial charge in [-0.1, -0.05) is 37.3 Å². The Morgan fingerprint density at radius 3 is 2.54 bits per heavy atom. The third-order valence-electron chi connectivity index (χ3n) is 1.91. The van der Waals surface area contributed by atoms with Crippen LogP contribution in [0.15, 0.2) is 35.3 Å². The fraction of sp³-hybridized carbons (Fsp3) is 0.417. The molecule has 0 unspecified atom stereocenters. The van der Waals surface area contributed by atoms with Crippen LogP contribution in [0, 0.1) is 0 Å². The van der Waals surface area contributed by atoms with Crippen LogP contribution in [0.5, 0.6) is 0 Å². The molecule has 0 aliphatic heterocycles. The molecule has 0 amide bonds. The lowest BCUT2D eigenvalue weighted by Crippen LogP contribution is -1.98. The first kappa shape index (κ1) is 9.97. The summed E-state index contributed by atoms with van der Waals surface area (Å²) in [7, 11) is 0. The first-order valence-electron chi connectivity index (χ1n) is 4.86. The maximum atomic E-state index is 4.45. The zero-order valence-corrected chi connectivity index (χ0v) is 8.46. The van der Waals surface area contributed by atoms with Gasteiger partial charge in [-0.15, -0.1) is 0 Å². The molecule has 0 N–H and O–H groups in total. The highest BCUT2D eigenvalue weighted by Crippen LogP contribution is 2.00. The maximum absolute atomic E-state index is 4.45. The minimum Gasteiger partial charge on any atom is -0.294 e. The first-order chi connectivity index (χ1) is 6.33. The average Bonchev–Trinajstić information content (AvgIpc) is 2.16. The Balaban J connectivity index is 2.50. The van der Waals surface area contributed by atoms with E-state index in [1.165, 1.54) is 11.3 Å². The van der Waals surface area contributed by atoms with Crippen LogP contribution in [0.25, 0.3) is 0 Å². The van der Waals surface area contributed by atoms with Crippen molar-refractivity contribution in [2.75, 3.05) is 6.54 Å². The molecule has 0 heterocycles. The predicted molar refractivity (Wildman–Crippen MR) is 58.4 cm³/mol. The lowest BCUT2D eigenvalue weighted by molar-refractivity contribution is 0.926. The van der Waals surface area contributed by atoms with Crippen LogP contribution in [-0.4, -0.2) is 12.3 Å². The van der Waals surface area contributed by atoms with E-state index in [4.69, 9.17) is 0 Å². The Morgan fingerprint density at radius 2 is 1.92 bits per heavy atom. The molecule has 13 heavy (non-hydrogen) atoms. The molecule has 0 fully saturated rings. The second-order valence-electron chi connectivity index (χ2n) is 3.28. The largest absolute Gasteiger partial charge is 0.294 e. The zero-order valence-electron chi connectivity index (χ0n) is 8.46. The van der Waals surface area contributed by atoms with Crippen molar-refractivity contribution < 1.29 is 0 Å². The molecule has 0 spiro atoms. The van der Waals surface area contributed by atoms with E-state index >= 15 is 0 Å². The van der Waals surface area contributed by atoms with E-state index in [1.54, 1.807) is 0 Å². The van der Waals surface area contributed by atoms with Gasteiger partial charge in [0.1, 0.15) is 0 Å². The van der Waals surface area contributed by atoms with Crippen molar-refractivity contribution >= 4 is 5.71 Å². The molecule has 0 aliphatic rings. The molecular weight excluding hydrogens is 158 g/mol. The molecule has 0 bridgehead atoms. The van der Waals surface area contributed by atoms with Gasteiger partial charge >= 0.3 is 0 Å². The van der Waals surface area contributed by atoms with E-state index in [9.17, 15) is 0 Å². The second kappa shape index (κ2) is 5.52. The second-order valence-corrected chi connectivity index (χ2v) is 3.28. The van der Waals surface area contributed by atoms with Crippen molar-refractivity contribution in [1.82, 2.24) is 0 Å². The number of rotatable bonds is 4. The number of aliphatic imine (C=N–C) groups is 1. The van der Waals surface area contributed by atoms with Gasteiger partial charge in [-0.3, -0.25) is 4.99 Å². The van der Waals surface area contributed by atoms with Gasteiger partial charge in [0.2, 0.25) is 0 Å². The fourth-order valence-electron chi connectivity index (χ4n) is 1.25. The quantitative estimate of drug-likeness (QED) is 0.623. The van der Waals surface area contributed by atoms with E-state index < -0.39 is 0 Å². The van der Waals surface area contributed by atoms with Crippen LogP contribution in [0.3, 0.4) is 0 Å². The molecule has 0 saturated heterocycles. The molecule has 1 aromatic carbocycles. The van der Waals surface area contributed by atoms with E-state index in [0.717, 1.165) is 19.4 Å². The standard InChI is InChI=1S/C12H17N/c1-3-9-13-11(2)10-12-7-5-4-6-8-12/h4-8H,3,9-10H2,1-2H3/b13-11+. The molecule has 0 atom stereocenters. The van der Waals surface area contributed by atoms with E-state index in [0.29, 0.717) is 0 Å². The third-order valence-corrected chi connectivity index (χ3v) is 1.91. The maximum Gasteiger partial charge on any atom is 0.0386 e. The SMILES string of the molecule is CCC/N=C(\C)Cc1ccccc1. The van der Waals surface area contributed by atoms with Gasteiger partial charge in [-0.2, -0.15) is 0 Å². The van der Waals surface area contributed by atoms with Gasteiger partial charge in [0.05, 0.1) is 0 Å². The summed E-state index contributed by atoms with van der Waals surface area (Å²) in [5.41, 5.74) is 2.58. The van der Waals surface area contributed by atoms with E-state index in [-0.39, 0.29) is 0 Å². The summed E-state index contributed by atoms with van der Waals surface area (Å²) in [6, 6.07) is 10.5. The van der Waals surface area contributed by atoms with Crippen molar-refractivity contribution in [3.63, 3.8) is 0 Å². The highest BCUT2D eigenvalue weighted by atomic mass is 14.7.